The van der Waals surface area contributed by atoms with Crippen molar-refractivity contribution < 1.29 is 13.3 Å². The zero-order chi connectivity index (χ0) is 14.9. The third kappa shape index (κ3) is 2.79. The van der Waals surface area contributed by atoms with Crippen LogP contribution in [0.1, 0.15) is 13.3 Å². The fourth-order valence-corrected chi connectivity index (χ4v) is 3.51. The first-order chi connectivity index (χ1) is 9.32. The summed E-state index contributed by atoms with van der Waals surface area (Å²) in [4.78, 5) is 13.3. The minimum absolute atomic E-state index is 0.0511. The van der Waals surface area contributed by atoms with Crippen LogP contribution in [0.25, 0.3) is 0 Å². The molecule has 1 aliphatic rings. The second-order valence-electron chi connectivity index (χ2n) is 4.90. The Hall–Kier alpha value is -1.58. The molecular weight excluding hydrogens is 284 g/mol. The lowest BCUT2D eigenvalue weighted by Crippen LogP contribution is -2.49. The molecule has 110 valence electrons. The highest BCUT2D eigenvalue weighted by Gasteiger charge is 2.32. The number of pyridine rings is 1. The SMILES string of the molecule is CC1CCN(S(=O)(=O)c2ccc([N+](=O)[O-])nc2)CC1N. The predicted molar refractivity (Wildman–Crippen MR) is 71.4 cm³/mol. The maximum Gasteiger partial charge on any atom is 0.363 e. The van der Waals surface area contributed by atoms with E-state index in [0.717, 1.165) is 12.3 Å². The highest BCUT2D eigenvalue weighted by Crippen LogP contribution is 2.23. The van der Waals surface area contributed by atoms with Gasteiger partial charge in [-0.25, -0.2) is 8.42 Å². The van der Waals surface area contributed by atoms with Gasteiger partial charge in [-0.3, -0.25) is 0 Å². The maximum atomic E-state index is 12.4. The summed E-state index contributed by atoms with van der Waals surface area (Å²) in [7, 11) is -3.69. The molecule has 8 nitrogen and oxygen atoms in total. The van der Waals surface area contributed by atoms with Crippen molar-refractivity contribution in [2.75, 3.05) is 13.1 Å². The number of rotatable bonds is 3. The fraction of sp³-hybridized carbons (Fsp3) is 0.545. The maximum absolute atomic E-state index is 12.4. The van der Waals surface area contributed by atoms with Gasteiger partial charge in [0.2, 0.25) is 10.0 Å². The summed E-state index contributed by atoms with van der Waals surface area (Å²) in [6.07, 6.45) is 1.71. The van der Waals surface area contributed by atoms with E-state index in [0.29, 0.717) is 13.0 Å². The van der Waals surface area contributed by atoms with Gasteiger partial charge in [-0.1, -0.05) is 6.92 Å². The van der Waals surface area contributed by atoms with Gasteiger partial charge in [0, 0.05) is 25.2 Å². The van der Waals surface area contributed by atoms with E-state index in [1.807, 2.05) is 6.92 Å². The second kappa shape index (κ2) is 5.43. The number of hydrogen-bond donors (Lipinski definition) is 1. The number of sulfonamides is 1. The van der Waals surface area contributed by atoms with E-state index in [2.05, 4.69) is 4.98 Å². The van der Waals surface area contributed by atoms with Crippen LogP contribution in [-0.2, 0) is 10.0 Å². The van der Waals surface area contributed by atoms with Crippen molar-refractivity contribution in [1.29, 1.82) is 0 Å². The third-order valence-electron chi connectivity index (χ3n) is 3.52. The van der Waals surface area contributed by atoms with E-state index in [4.69, 9.17) is 5.73 Å². The van der Waals surface area contributed by atoms with Crippen molar-refractivity contribution in [3.05, 3.63) is 28.4 Å². The first-order valence-corrected chi connectivity index (χ1v) is 7.62. The molecule has 0 amide bonds. The Bertz CT molecular complexity index is 601. The van der Waals surface area contributed by atoms with Gasteiger partial charge in [0.25, 0.3) is 0 Å². The van der Waals surface area contributed by atoms with Crippen LogP contribution in [0, 0.1) is 16.0 Å². The predicted octanol–water partition coefficient (Wildman–Crippen LogP) is 0.348. The van der Waals surface area contributed by atoms with Crippen LogP contribution >= 0.6 is 0 Å². The van der Waals surface area contributed by atoms with Gasteiger partial charge in [-0.15, -0.1) is 0 Å². The Morgan fingerprint density at radius 3 is 2.70 bits per heavy atom. The molecule has 1 fully saturated rings. The Balaban J connectivity index is 2.24. The lowest BCUT2D eigenvalue weighted by Gasteiger charge is -2.33. The minimum Gasteiger partial charge on any atom is -0.358 e. The Kier molecular flexibility index (Phi) is 4.02. The molecule has 0 radical (unpaired) electrons. The monoisotopic (exact) mass is 300 g/mol. The zero-order valence-electron chi connectivity index (χ0n) is 11.0. The van der Waals surface area contributed by atoms with E-state index < -0.39 is 14.9 Å². The van der Waals surface area contributed by atoms with Crippen molar-refractivity contribution in [1.82, 2.24) is 9.29 Å². The van der Waals surface area contributed by atoms with Crippen LogP contribution in [0.5, 0.6) is 0 Å². The summed E-state index contributed by atoms with van der Waals surface area (Å²) < 4.78 is 26.1. The van der Waals surface area contributed by atoms with Crippen molar-refractivity contribution >= 4 is 15.8 Å². The van der Waals surface area contributed by atoms with Crippen molar-refractivity contribution in [2.45, 2.75) is 24.3 Å². The highest BCUT2D eigenvalue weighted by molar-refractivity contribution is 7.89. The quantitative estimate of drug-likeness (QED) is 0.635. The molecule has 0 saturated carbocycles. The van der Waals surface area contributed by atoms with Crippen LogP contribution in [-0.4, -0.2) is 41.8 Å². The average molecular weight is 300 g/mol. The van der Waals surface area contributed by atoms with Crippen LogP contribution in [0.3, 0.4) is 0 Å². The largest absolute Gasteiger partial charge is 0.363 e. The number of piperidine rings is 1. The highest BCUT2D eigenvalue weighted by atomic mass is 32.2. The third-order valence-corrected chi connectivity index (χ3v) is 5.37. The molecule has 0 aromatic carbocycles. The first-order valence-electron chi connectivity index (χ1n) is 6.18. The number of nitro groups is 1. The second-order valence-corrected chi connectivity index (χ2v) is 6.84. The molecule has 1 aromatic heterocycles. The Morgan fingerprint density at radius 1 is 1.50 bits per heavy atom. The summed E-state index contributed by atoms with van der Waals surface area (Å²) in [6, 6.07) is 2.08. The molecule has 0 bridgehead atoms. The van der Waals surface area contributed by atoms with Crippen molar-refractivity contribution in [2.24, 2.45) is 11.7 Å². The standard InChI is InChI=1S/C11H16N4O4S/c1-8-4-5-14(7-10(8)12)20(18,19)9-2-3-11(13-6-9)15(16)17/h2-3,6,8,10H,4-5,7,12H2,1H3. The molecule has 20 heavy (non-hydrogen) atoms. The summed E-state index contributed by atoms with van der Waals surface area (Å²) in [5.74, 6) is -0.107. The van der Waals surface area contributed by atoms with Crippen LogP contribution in [0.4, 0.5) is 5.82 Å². The Morgan fingerprint density at radius 2 is 2.20 bits per heavy atom. The lowest BCUT2D eigenvalue weighted by atomic mass is 9.96. The molecule has 2 rings (SSSR count). The molecule has 2 N–H and O–H groups in total. The van der Waals surface area contributed by atoms with E-state index in [1.54, 1.807) is 0 Å². The number of aromatic nitrogens is 1. The minimum atomic E-state index is -3.69. The number of hydrogen-bond acceptors (Lipinski definition) is 6. The van der Waals surface area contributed by atoms with Gasteiger partial charge in [0.05, 0.1) is 0 Å². The normalized spacial score (nSPS) is 24.5. The number of nitrogens with zero attached hydrogens (tertiary/aromatic N) is 3. The molecule has 1 saturated heterocycles. The van der Waals surface area contributed by atoms with Crippen LogP contribution in [0.15, 0.2) is 23.2 Å². The molecule has 1 aliphatic heterocycles. The summed E-state index contributed by atoms with van der Waals surface area (Å²) in [5.41, 5.74) is 5.90. The molecule has 9 heteroatoms. The first kappa shape index (κ1) is 14.8. The van der Waals surface area contributed by atoms with Gasteiger partial charge < -0.3 is 15.8 Å². The van der Waals surface area contributed by atoms with E-state index >= 15 is 0 Å². The summed E-state index contributed by atoms with van der Waals surface area (Å²) in [6.45, 7) is 2.64. The van der Waals surface area contributed by atoms with E-state index in [1.165, 1.54) is 10.4 Å². The molecule has 2 heterocycles. The van der Waals surface area contributed by atoms with E-state index in [-0.39, 0.29) is 29.2 Å². The summed E-state index contributed by atoms with van der Waals surface area (Å²) >= 11 is 0. The lowest BCUT2D eigenvalue weighted by molar-refractivity contribution is -0.389. The van der Waals surface area contributed by atoms with Crippen molar-refractivity contribution in [3.63, 3.8) is 0 Å². The molecule has 2 unspecified atom stereocenters. The molecule has 0 spiro atoms. The molecule has 0 aliphatic carbocycles. The van der Waals surface area contributed by atoms with Crippen LogP contribution < -0.4 is 5.73 Å². The molecule has 2 atom stereocenters. The number of nitrogens with two attached hydrogens (primary N) is 1. The van der Waals surface area contributed by atoms with Gasteiger partial charge >= 0.3 is 5.82 Å². The Labute approximate surface area is 116 Å². The van der Waals surface area contributed by atoms with E-state index in [9.17, 15) is 18.5 Å². The van der Waals surface area contributed by atoms with Crippen LogP contribution in [0.2, 0.25) is 0 Å². The molecular formula is C11H16N4O4S. The molecule has 1 aromatic rings. The van der Waals surface area contributed by atoms with Gasteiger partial charge in [0.15, 0.2) is 6.20 Å². The zero-order valence-corrected chi connectivity index (χ0v) is 11.8. The van der Waals surface area contributed by atoms with Gasteiger partial charge in [-0.05, 0) is 28.3 Å². The smallest absolute Gasteiger partial charge is 0.358 e. The van der Waals surface area contributed by atoms with Gasteiger partial charge in [-0.2, -0.15) is 4.31 Å². The topological polar surface area (TPSA) is 119 Å². The average Bonchev–Trinajstić information content (AvgIpc) is 2.41. The summed E-state index contributed by atoms with van der Waals surface area (Å²) in [5, 5.41) is 10.5. The fourth-order valence-electron chi connectivity index (χ4n) is 2.07. The van der Waals surface area contributed by atoms with Gasteiger partial charge in [0.1, 0.15) is 4.90 Å². The van der Waals surface area contributed by atoms with Crippen molar-refractivity contribution in [3.8, 4) is 0 Å².